The molecule has 4 nitrogen and oxygen atoms in total. The topological polar surface area (TPSA) is 47.0 Å². The van der Waals surface area contributed by atoms with Crippen LogP contribution in [0.2, 0.25) is 5.02 Å². The van der Waals surface area contributed by atoms with Crippen LogP contribution in [0.15, 0.2) is 18.2 Å². The van der Waals surface area contributed by atoms with Gasteiger partial charge in [-0.2, -0.15) is 0 Å². The van der Waals surface area contributed by atoms with Crippen LogP contribution in [0.1, 0.15) is 23.4 Å². The minimum absolute atomic E-state index is 0.568. The summed E-state index contributed by atoms with van der Waals surface area (Å²) in [5, 5.41) is 13.8. The van der Waals surface area contributed by atoms with Gasteiger partial charge < -0.3 is 10.1 Å². The van der Waals surface area contributed by atoms with Gasteiger partial charge in [0, 0.05) is 11.1 Å². The molecule has 0 aliphatic heterocycles. The minimum Gasteiger partial charge on any atom is -0.430 e. The van der Waals surface area contributed by atoms with Crippen LogP contribution in [0.3, 0.4) is 0 Å². The zero-order valence-corrected chi connectivity index (χ0v) is 12.1. The summed E-state index contributed by atoms with van der Waals surface area (Å²) in [6.45, 7) is 2.73. The standard InChI is InChI=1S/C13H14ClN3OS/c1-8-6-9(14)2-5-11(8)18-13-17-16-12(19-13)7-15-10-3-4-10/h2,5-6,10,15H,3-4,7H2,1H3. The van der Waals surface area contributed by atoms with Gasteiger partial charge in [0.2, 0.25) is 0 Å². The Morgan fingerprint density at radius 3 is 3.00 bits per heavy atom. The van der Waals surface area contributed by atoms with Gasteiger partial charge >= 0.3 is 0 Å². The van der Waals surface area contributed by atoms with E-state index in [-0.39, 0.29) is 0 Å². The summed E-state index contributed by atoms with van der Waals surface area (Å²) in [4.78, 5) is 0. The molecule has 19 heavy (non-hydrogen) atoms. The van der Waals surface area contributed by atoms with Crippen molar-refractivity contribution < 1.29 is 4.74 Å². The summed E-state index contributed by atoms with van der Waals surface area (Å²) in [6, 6.07) is 6.20. The first-order chi connectivity index (χ1) is 9.20. The number of ether oxygens (including phenoxy) is 1. The van der Waals surface area contributed by atoms with E-state index in [1.54, 1.807) is 6.07 Å². The molecule has 0 amide bonds. The molecule has 100 valence electrons. The highest BCUT2D eigenvalue weighted by Crippen LogP contribution is 2.29. The van der Waals surface area contributed by atoms with Gasteiger partial charge in [-0.15, -0.1) is 5.10 Å². The molecule has 1 aliphatic rings. The van der Waals surface area contributed by atoms with Crippen LogP contribution in [0.25, 0.3) is 0 Å². The van der Waals surface area contributed by atoms with Crippen molar-refractivity contribution in [3.8, 4) is 10.9 Å². The van der Waals surface area contributed by atoms with Crippen molar-refractivity contribution in [2.75, 3.05) is 0 Å². The second-order valence-electron chi connectivity index (χ2n) is 4.63. The third-order valence-corrected chi connectivity index (χ3v) is 3.94. The molecule has 0 spiro atoms. The lowest BCUT2D eigenvalue weighted by molar-refractivity contribution is 0.469. The van der Waals surface area contributed by atoms with E-state index in [1.165, 1.54) is 24.2 Å². The molecule has 2 aromatic rings. The van der Waals surface area contributed by atoms with Gasteiger partial charge in [0.25, 0.3) is 5.19 Å². The predicted molar refractivity (Wildman–Crippen MR) is 76.0 cm³/mol. The number of hydrogen-bond acceptors (Lipinski definition) is 5. The summed E-state index contributed by atoms with van der Waals surface area (Å²) in [5.41, 5.74) is 0.986. The molecular formula is C13H14ClN3OS. The highest BCUT2D eigenvalue weighted by Gasteiger charge is 2.20. The lowest BCUT2D eigenvalue weighted by Gasteiger charge is -2.04. The summed E-state index contributed by atoms with van der Waals surface area (Å²) < 4.78 is 5.73. The first-order valence-corrected chi connectivity index (χ1v) is 7.40. The smallest absolute Gasteiger partial charge is 0.299 e. The Labute approximate surface area is 120 Å². The highest BCUT2D eigenvalue weighted by molar-refractivity contribution is 7.13. The Morgan fingerprint density at radius 2 is 2.26 bits per heavy atom. The zero-order valence-electron chi connectivity index (χ0n) is 10.5. The molecule has 1 aliphatic carbocycles. The second kappa shape index (κ2) is 5.45. The van der Waals surface area contributed by atoms with Crippen LogP contribution in [-0.4, -0.2) is 16.2 Å². The molecule has 1 N–H and O–H groups in total. The number of aryl methyl sites for hydroxylation is 1. The van der Waals surface area contributed by atoms with E-state index < -0.39 is 0 Å². The lowest BCUT2D eigenvalue weighted by Crippen LogP contribution is -2.14. The maximum atomic E-state index is 5.91. The third kappa shape index (κ3) is 3.43. The van der Waals surface area contributed by atoms with Crippen LogP contribution < -0.4 is 10.1 Å². The van der Waals surface area contributed by atoms with E-state index in [0.717, 1.165) is 22.9 Å². The highest BCUT2D eigenvalue weighted by atomic mass is 35.5. The Bertz CT molecular complexity index is 583. The number of nitrogens with one attached hydrogen (secondary N) is 1. The van der Waals surface area contributed by atoms with Crippen molar-refractivity contribution >= 4 is 22.9 Å². The molecule has 1 fully saturated rings. The molecule has 1 aromatic carbocycles. The van der Waals surface area contributed by atoms with Gasteiger partial charge in [-0.25, -0.2) is 0 Å². The molecular weight excluding hydrogens is 282 g/mol. The third-order valence-electron chi connectivity index (χ3n) is 2.90. The van der Waals surface area contributed by atoms with E-state index in [2.05, 4.69) is 15.5 Å². The van der Waals surface area contributed by atoms with E-state index in [1.807, 2.05) is 19.1 Å². The van der Waals surface area contributed by atoms with Gasteiger partial charge in [-0.3, -0.25) is 0 Å². The molecule has 0 saturated heterocycles. The largest absolute Gasteiger partial charge is 0.430 e. The van der Waals surface area contributed by atoms with Gasteiger partial charge in [0.15, 0.2) is 0 Å². The van der Waals surface area contributed by atoms with Crippen molar-refractivity contribution in [2.45, 2.75) is 32.4 Å². The van der Waals surface area contributed by atoms with E-state index in [4.69, 9.17) is 16.3 Å². The minimum atomic E-state index is 0.568. The molecule has 0 bridgehead atoms. The van der Waals surface area contributed by atoms with Gasteiger partial charge in [0.1, 0.15) is 10.8 Å². The first kappa shape index (κ1) is 12.8. The monoisotopic (exact) mass is 295 g/mol. The number of aromatic nitrogens is 2. The molecule has 0 radical (unpaired) electrons. The summed E-state index contributed by atoms with van der Waals surface area (Å²) in [5.74, 6) is 0.766. The maximum Gasteiger partial charge on any atom is 0.299 e. The predicted octanol–water partition coefficient (Wildman–Crippen LogP) is 3.54. The lowest BCUT2D eigenvalue weighted by atomic mass is 10.2. The van der Waals surface area contributed by atoms with E-state index in [0.29, 0.717) is 16.3 Å². The van der Waals surface area contributed by atoms with Crippen LogP contribution in [-0.2, 0) is 6.54 Å². The van der Waals surface area contributed by atoms with E-state index >= 15 is 0 Å². The van der Waals surface area contributed by atoms with Crippen molar-refractivity contribution in [3.05, 3.63) is 33.8 Å². The van der Waals surface area contributed by atoms with E-state index in [9.17, 15) is 0 Å². The Balaban J connectivity index is 1.65. The fourth-order valence-electron chi connectivity index (χ4n) is 1.69. The summed E-state index contributed by atoms with van der Waals surface area (Å²) in [6.07, 6.45) is 2.54. The molecule has 1 saturated carbocycles. The van der Waals surface area contributed by atoms with Gasteiger partial charge in [0.05, 0.1) is 6.54 Å². The number of rotatable bonds is 5. The van der Waals surface area contributed by atoms with Crippen molar-refractivity contribution in [3.63, 3.8) is 0 Å². The summed E-state index contributed by atoms with van der Waals surface area (Å²) in [7, 11) is 0. The molecule has 1 aromatic heterocycles. The molecule has 3 rings (SSSR count). The van der Waals surface area contributed by atoms with Crippen molar-refractivity contribution in [2.24, 2.45) is 0 Å². The molecule has 0 atom stereocenters. The average Bonchev–Trinajstić information content (AvgIpc) is 3.10. The Hall–Kier alpha value is -1.17. The quantitative estimate of drug-likeness (QED) is 0.916. The fraction of sp³-hybridized carbons (Fsp3) is 0.385. The van der Waals surface area contributed by atoms with Crippen LogP contribution in [0, 0.1) is 6.92 Å². The molecule has 6 heteroatoms. The number of halogens is 1. The fourth-order valence-corrected chi connectivity index (χ4v) is 2.57. The Morgan fingerprint density at radius 1 is 1.42 bits per heavy atom. The summed E-state index contributed by atoms with van der Waals surface area (Å²) >= 11 is 7.38. The first-order valence-electron chi connectivity index (χ1n) is 6.20. The van der Waals surface area contributed by atoms with Gasteiger partial charge in [-0.1, -0.05) is 28.0 Å². The SMILES string of the molecule is Cc1cc(Cl)ccc1Oc1nnc(CNC2CC2)s1. The van der Waals surface area contributed by atoms with Crippen molar-refractivity contribution in [1.82, 2.24) is 15.5 Å². The van der Waals surface area contributed by atoms with Crippen LogP contribution in [0.5, 0.6) is 10.9 Å². The maximum absolute atomic E-state index is 5.91. The van der Waals surface area contributed by atoms with Gasteiger partial charge in [-0.05, 0) is 43.5 Å². The molecule has 1 heterocycles. The normalized spacial score (nSPS) is 14.6. The van der Waals surface area contributed by atoms with Crippen molar-refractivity contribution in [1.29, 1.82) is 0 Å². The van der Waals surface area contributed by atoms with Crippen LogP contribution >= 0.6 is 22.9 Å². The number of nitrogens with zero attached hydrogens (tertiary/aromatic N) is 2. The number of hydrogen-bond donors (Lipinski definition) is 1. The molecule has 0 unspecified atom stereocenters. The second-order valence-corrected chi connectivity index (χ2v) is 6.09. The zero-order chi connectivity index (χ0) is 13.2. The number of benzene rings is 1. The Kier molecular flexibility index (Phi) is 3.68. The van der Waals surface area contributed by atoms with Crippen LogP contribution in [0.4, 0.5) is 0 Å². The average molecular weight is 296 g/mol.